The highest BCUT2D eigenvalue weighted by Gasteiger charge is 2.35. The number of nitrogens with zero attached hydrogens (tertiary/aromatic N) is 3. The van der Waals surface area contributed by atoms with Gasteiger partial charge < -0.3 is 0 Å². The molecular formula is C16H18F3N3O4S. The van der Waals surface area contributed by atoms with Crippen LogP contribution in [-0.4, -0.2) is 68.3 Å². The topological polar surface area (TPSA) is 78.0 Å². The first-order valence-electron chi connectivity index (χ1n) is 8.33. The largest absolute Gasteiger partial charge is 0.401 e. The molecule has 0 unspecified atom stereocenters. The van der Waals surface area contributed by atoms with Crippen LogP contribution in [0.2, 0.25) is 0 Å². The van der Waals surface area contributed by atoms with Crippen molar-refractivity contribution in [1.29, 1.82) is 0 Å². The van der Waals surface area contributed by atoms with Gasteiger partial charge in [-0.1, -0.05) is 0 Å². The van der Waals surface area contributed by atoms with Gasteiger partial charge in [0.05, 0.1) is 17.1 Å². The maximum atomic E-state index is 12.7. The molecule has 0 saturated carbocycles. The molecule has 11 heteroatoms. The predicted octanol–water partition coefficient (Wildman–Crippen LogP) is 1.21. The molecule has 148 valence electrons. The fourth-order valence-corrected chi connectivity index (χ4v) is 4.58. The number of imide groups is 1. The summed E-state index contributed by atoms with van der Waals surface area (Å²) in [6, 6.07) is 5.36. The zero-order valence-corrected chi connectivity index (χ0v) is 15.1. The maximum Gasteiger partial charge on any atom is 0.401 e. The van der Waals surface area contributed by atoms with E-state index in [1.165, 1.54) is 29.2 Å². The van der Waals surface area contributed by atoms with E-state index in [9.17, 15) is 31.2 Å². The van der Waals surface area contributed by atoms with E-state index < -0.39 is 22.7 Å². The maximum absolute atomic E-state index is 12.7. The van der Waals surface area contributed by atoms with Gasteiger partial charge >= 0.3 is 6.18 Å². The van der Waals surface area contributed by atoms with E-state index in [4.69, 9.17) is 0 Å². The number of alkyl halides is 3. The van der Waals surface area contributed by atoms with E-state index >= 15 is 0 Å². The molecule has 1 aromatic rings. The minimum Gasteiger partial charge on any atom is -0.292 e. The number of halogens is 3. The van der Waals surface area contributed by atoms with Crippen LogP contribution in [0.4, 0.5) is 18.9 Å². The Morgan fingerprint density at radius 2 is 1.41 bits per heavy atom. The number of anilines is 1. The lowest BCUT2D eigenvalue weighted by atomic mass is 10.3. The highest BCUT2D eigenvalue weighted by Crippen LogP contribution is 2.26. The molecule has 0 aromatic heterocycles. The smallest absolute Gasteiger partial charge is 0.292 e. The van der Waals surface area contributed by atoms with Crippen molar-refractivity contribution in [3.63, 3.8) is 0 Å². The van der Waals surface area contributed by atoms with E-state index in [1.807, 2.05) is 0 Å². The number of rotatable bonds is 4. The second-order valence-corrected chi connectivity index (χ2v) is 8.35. The summed E-state index contributed by atoms with van der Waals surface area (Å²) in [6.45, 7) is -1.15. The molecule has 2 heterocycles. The van der Waals surface area contributed by atoms with Crippen molar-refractivity contribution in [3.8, 4) is 0 Å². The molecule has 2 saturated heterocycles. The molecule has 0 bridgehead atoms. The summed E-state index contributed by atoms with van der Waals surface area (Å²) in [4.78, 5) is 25.6. The molecule has 27 heavy (non-hydrogen) atoms. The van der Waals surface area contributed by atoms with Crippen LogP contribution in [0.15, 0.2) is 29.2 Å². The molecule has 0 atom stereocenters. The van der Waals surface area contributed by atoms with Crippen LogP contribution in [0.25, 0.3) is 0 Å². The van der Waals surface area contributed by atoms with E-state index in [-0.39, 0.29) is 55.7 Å². The van der Waals surface area contributed by atoms with Crippen molar-refractivity contribution in [1.82, 2.24) is 9.21 Å². The third kappa shape index (κ3) is 4.30. The Labute approximate surface area is 154 Å². The van der Waals surface area contributed by atoms with E-state index in [0.29, 0.717) is 5.69 Å². The molecule has 2 aliphatic heterocycles. The third-order valence-electron chi connectivity index (χ3n) is 4.52. The van der Waals surface area contributed by atoms with Gasteiger partial charge in [-0.2, -0.15) is 17.5 Å². The number of hydrogen-bond acceptors (Lipinski definition) is 5. The Balaban J connectivity index is 1.69. The van der Waals surface area contributed by atoms with Crippen LogP contribution in [0, 0.1) is 0 Å². The standard InChI is InChI=1S/C16H18F3N3O4S/c17-16(18,19)11-20-7-9-21(10-8-20)27(25,26)13-3-1-12(2-4-13)22-14(23)5-6-15(22)24/h1-4H,5-11H2. The molecule has 0 radical (unpaired) electrons. The highest BCUT2D eigenvalue weighted by atomic mass is 32.2. The SMILES string of the molecule is O=C1CCC(=O)N1c1ccc(S(=O)(=O)N2CCN(CC(F)(F)F)CC2)cc1. The quantitative estimate of drug-likeness (QED) is 0.704. The summed E-state index contributed by atoms with van der Waals surface area (Å²) < 4.78 is 63.8. The number of amides is 2. The summed E-state index contributed by atoms with van der Waals surface area (Å²) in [5.41, 5.74) is 0.302. The van der Waals surface area contributed by atoms with Crippen molar-refractivity contribution >= 4 is 27.5 Å². The average molecular weight is 405 g/mol. The molecule has 0 N–H and O–H groups in total. The van der Waals surface area contributed by atoms with Crippen molar-refractivity contribution < 1.29 is 31.2 Å². The number of piperazine rings is 1. The first-order valence-corrected chi connectivity index (χ1v) is 9.77. The van der Waals surface area contributed by atoms with Crippen molar-refractivity contribution in [2.24, 2.45) is 0 Å². The van der Waals surface area contributed by atoms with Crippen LogP contribution < -0.4 is 4.90 Å². The minimum absolute atomic E-state index is 0.00634. The number of hydrogen-bond donors (Lipinski definition) is 0. The Morgan fingerprint density at radius 3 is 1.89 bits per heavy atom. The minimum atomic E-state index is -4.32. The number of carbonyl (C=O) groups excluding carboxylic acids is 2. The fraction of sp³-hybridized carbons (Fsp3) is 0.500. The zero-order chi connectivity index (χ0) is 19.8. The first kappa shape index (κ1) is 19.8. The van der Waals surface area contributed by atoms with Gasteiger partial charge in [-0.25, -0.2) is 8.42 Å². The summed E-state index contributed by atoms with van der Waals surface area (Å²) in [5, 5.41) is 0. The zero-order valence-electron chi connectivity index (χ0n) is 14.3. The van der Waals surface area contributed by atoms with Gasteiger partial charge in [0.2, 0.25) is 21.8 Å². The second-order valence-electron chi connectivity index (χ2n) is 6.41. The molecule has 3 rings (SSSR count). The monoisotopic (exact) mass is 405 g/mol. The van der Waals surface area contributed by atoms with Gasteiger partial charge in [0.15, 0.2) is 0 Å². The highest BCUT2D eigenvalue weighted by molar-refractivity contribution is 7.89. The Morgan fingerprint density at radius 1 is 0.889 bits per heavy atom. The van der Waals surface area contributed by atoms with Crippen LogP contribution in [0.3, 0.4) is 0 Å². The van der Waals surface area contributed by atoms with Crippen molar-refractivity contribution in [2.75, 3.05) is 37.6 Å². The number of sulfonamides is 1. The molecule has 2 amide bonds. The second kappa shape index (κ2) is 7.21. The molecular weight excluding hydrogens is 387 g/mol. The van der Waals surface area contributed by atoms with Crippen molar-refractivity contribution in [3.05, 3.63) is 24.3 Å². The predicted molar refractivity (Wildman–Crippen MR) is 89.4 cm³/mol. The van der Waals surface area contributed by atoms with E-state index in [2.05, 4.69) is 0 Å². The summed E-state index contributed by atoms with van der Waals surface area (Å²) >= 11 is 0. The first-order chi connectivity index (χ1) is 12.6. The Hall–Kier alpha value is -1.98. The Kier molecular flexibility index (Phi) is 5.28. The van der Waals surface area contributed by atoms with Crippen LogP contribution >= 0.6 is 0 Å². The van der Waals surface area contributed by atoms with Crippen LogP contribution in [0.1, 0.15) is 12.8 Å². The molecule has 0 aliphatic carbocycles. The number of benzene rings is 1. The van der Waals surface area contributed by atoms with Gasteiger partial charge in [-0.15, -0.1) is 0 Å². The summed E-state index contributed by atoms with van der Waals surface area (Å²) in [7, 11) is -3.86. The van der Waals surface area contributed by atoms with Crippen LogP contribution in [-0.2, 0) is 19.6 Å². The third-order valence-corrected chi connectivity index (χ3v) is 6.43. The average Bonchev–Trinajstić information content (AvgIpc) is 2.93. The van der Waals surface area contributed by atoms with Gasteiger partial charge in [0, 0.05) is 39.0 Å². The van der Waals surface area contributed by atoms with Gasteiger partial charge in [-0.3, -0.25) is 19.4 Å². The van der Waals surface area contributed by atoms with Gasteiger partial charge in [0.1, 0.15) is 0 Å². The molecule has 0 spiro atoms. The Bertz CT molecular complexity index is 815. The fourth-order valence-electron chi connectivity index (χ4n) is 3.16. The van der Waals surface area contributed by atoms with Crippen molar-refractivity contribution in [2.45, 2.75) is 23.9 Å². The van der Waals surface area contributed by atoms with Gasteiger partial charge in [-0.05, 0) is 24.3 Å². The van der Waals surface area contributed by atoms with Crippen LogP contribution in [0.5, 0.6) is 0 Å². The lowest BCUT2D eigenvalue weighted by molar-refractivity contribution is -0.148. The lowest BCUT2D eigenvalue weighted by Gasteiger charge is -2.34. The molecule has 7 nitrogen and oxygen atoms in total. The molecule has 2 fully saturated rings. The lowest BCUT2D eigenvalue weighted by Crippen LogP contribution is -2.50. The normalized spacial score (nSPS) is 20.5. The number of carbonyl (C=O) groups is 2. The van der Waals surface area contributed by atoms with E-state index in [1.54, 1.807) is 0 Å². The van der Waals surface area contributed by atoms with E-state index in [0.717, 1.165) is 9.21 Å². The molecule has 2 aliphatic rings. The summed E-state index contributed by atoms with van der Waals surface area (Å²) in [5.74, 6) is -0.673. The summed E-state index contributed by atoms with van der Waals surface area (Å²) in [6.07, 6.45) is -4.07. The molecule has 1 aromatic carbocycles. The van der Waals surface area contributed by atoms with Gasteiger partial charge in [0.25, 0.3) is 0 Å².